The van der Waals surface area contributed by atoms with Crippen LogP contribution < -0.4 is 10.6 Å². The fourth-order valence-electron chi connectivity index (χ4n) is 1.92. The Balaban J connectivity index is 1.65. The second kappa shape index (κ2) is 4.51. The van der Waals surface area contributed by atoms with Gasteiger partial charge in [-0.3, -0.25) is 9.48 Å². The molecule has 1 saturated heterocycles. The standard InChI is InChI=1S/C11H11ClN6O/c12-8-2-14-11(15-3-8)17-5-9(6-17)18-4-7(1-16-18)10(13)19/h1-4,9H,5-6H2,(H2,13,19). The van der Waals surface area contributed by atoms with Crippen LogP contribution in [0.2, 0.25) is 5.02 Å². The number of nitrogens with zero attached hydrogens (tertiary/aromatic N) is 5. The summed E-state index contributed by atoms with van der Waals surface area (Å²) in [5, 5.41) is 4.64. The van der Waals surface area contributed by atoms with Crippen molar-refractivity contribution in [2.75, 3.05) is 18.0 Å². The normalized spacial score (nSPS) is 15.3. The number of amides is 1. The molecule has 19 heavy (non-hydrogen) atoms. The molecule has 0 bridgehead atoms. The SMILES string of the molecule is NC(=O)c1cnn(C2CN(c3ncc(Cl)cn3)C2)c1. The number of carbonyl (C=O) groups is 1. The van der Waals surface area contributed by atoms with E-state index in [0.29, 0.717) is 16.5 Å². The highest BCUT2D eigenvalue weighted by atomic mass is 35.5. The second-order valence-corrected chi connectivity index (χ2v) is 4.77. The highest BCUT2D eigenvalue weighted by Gasteiger charge is 2.30. The third kappa shape index (κ3) is 2.24. The summed E-state index contributed by atoms with van der Waals surface area (Å²) in [6.07, 6.45) is 6.27. The first-order chi connectivity index (χ1) is 9.13. The van der Waals surface area contributed by atoms with Crippen LogP contribution in [0.25, 0.3) is 0 Å². The van der Waals surface area contributed by atoms with Gasteiger partial charge in [-0.15, -0.1) is 0 Å². The maximum absolute atomic E-state index is 11.0. The van der Waals surface area contributed by atoms with Crippen molar-refractivity contribution < 1.29 is 4.79 Å². The summed E-state index contributed by atoms with van der Waals surface area (Å²) in [6.45, 7) is 1.48. The van der Waals surface area contributed by atoms with Crippen molar-refractivity contribution >= 4 is 23.5 Å². The molecule has 98 valence electrons. The Kier molecular flexibility index (Phi) is 2.83. The summed E-state index contributed by atoms with van der Waals surface area (Å²) in [4.78, 5) is 21.3. The summed E-state index contributed by atoms with van der Waals surface area (Å²) in [5.74, 6) is 0.173. The molecule has 0 saturated carbocycles. The van der Waals surface area contributed by atoms with Crippen LogP contribution in [0.4, 0.5) is 5.95 Å². The van der Waals surface area contributed by atoms with Gasteiger partial charge in [-0.2, -0.15) is 5.10 Å². The van der Waals surface area contributed by atoms with Gasteiger partial charge in [-0.05, 0) is 0 Å². The van der Waals surface area contributed by atoms with Gasteiger partial charge in [-0.25, -0.2) is 9.97 Å². The van der Waals surface area contributed by atoms with Crippen LogP contribution in [0.5, 0.6) is 0 Å². The molecule has 8 heteroatoms. The van der Waals surface area contributed by atoms with Crippen molar-refractivity contribution in [2.24, 2.45) is 5.73 Å². The van der Waals surface area contributed by atoms with Crippen LogP contribution in [0.15, 0.2) is 24.8 Å². The highest BCUT2D eigenvalue weighted by molar-refractivity contribution is 6.30. The summed E-state index contributed by atoms with van der Waals surface area (Å²) in [7, 11) is 0. The number of halogens is 1. The van der Waals surface area contributed by atoms with Crippen LogP contribution in [-0.2, 0) is 0 Å². The fourth-order valence-corrected chi connectivity index (χ4v) is 2.02. The predicted octanol–water partition coefficient (Wildman–Crippen LogP) is 0.487. The van der Waals surface area contributed by atoms with E-state index in [4.69, 9.17) is 17.3 Å². The van der Waals surface area contributed by atoms with Gasteiger partial charge >= 0.3 is 0 Å². The Bertz CT molecular complexity index is 604. The molecule has 1 aliphatic rings. The zero-order chi connectivity index (χ0) is 13.4. The van der Waals surface area contributed by atoms with Gasteiger partial charge in [0.1, 0.15) is 0 Å². The minimum Gasteiger partial charge on any atom is -0.366 e. The van der Waals surface area contributed by atoms with Gasteiger partial charge in [0.05, 0.1) is 35.2 Å². The highest BCUT2D eigenvalue weighted by Crippen LogP contribution is 2.24. The van der Waals surface area contributed by atoms with Gasteiger partial charge in [0.2, 0.25) is 5.95 Å². The molecule has 0 radical (unpaired) electrons. The lowest BCUT2D eigenvalue weighted by atomic mass is 10.1. The number of nitrogens with two attached hydrogens (primary N) is 1. The summed E-state index contributed by atoms with van der Waals surface area (Å²) < 4.78 is 1.74. The molecule has 0 aliphatic carbocycles. The number of primary amides is 1. The van der Waals surface area contributed by atoms with E-state index in [2.05, 4.69) is 15.1 Å². The van der Waals surface area contributed by atoms with Gasteiger partial charge in [0, 0.05) is 19.3 Å². The minimum absolute atomic E-state index is 0.201. The smallest absolute Gasteiger partial charge is 0.251 e. The first-order valence-corrected chi connectivity index (χ1v) is 6.08. The lowest BCUT2D eigenvalue weighted by Crippen LogP contribution is -2.48. The molecule has 0 aromatic carbocycles. The van der Waals surface area contributed by atoms with Crippen LogP contribution >= 0.6 is 11.6 Å². The second-order valence-electron chi connectivity index (χ2n) is 4.33. The lowest BCUT2D eigenvalue weighted by molar-refractivity contribution is 0.1000. The molecular weight excluding hydrogens is 268 g/mol. The molecule has 3 heterocycles. The van der Waals surface area contributed by atoms with Crippen molar-refractivity contribution in [2.45, 2.75) is 6.04 Å². The summed E-state index contributed by atoms with van der Waals surface area (Å²) in [5.41, 5.74) is 5.60. The molecule has 3 rings (SSSR count). The maximum Gasteiger partial charge on any atom is 0.251 e. The largest absolute Gasteiger partial charge is 0.366 e. The molecule has 2 N–H and O–H groups in total. The van der Waals surface area contributed by atoms with E-state index in [1.54, 1.807) is 23.3 Å². The fraction of sp³-hybridized carbons (Fsp3) is 0.273. The molecule has 1 aliphatic heterocycles. The Morgan fingerprint density at radius 3 is 2.58 bits per heavy atom. The van der Waals surface area contributed by atoms with E-state index in [0.717, 1.165) is 13.1 Å². The zero-order valence-corrected chi connectivity index (χ0v) is 10.7. The minimum atomic E-state index is -0.469. The number of rotatable bonds is 3. The molecule has 0 spiro atoms. The van der Waals surface area contributed by atoms with Crippen LogP contribution in [0, 0.1) is 0 Å². The molecule has 2 aromatic rings. The van der Waals surface area contributed by atoms with E-state index < -0.39 is 5.91 Å². The van der Waals surface area contributed by atoms with Crippen LogP contribution in [0.1, 0.15) is 16.4 Å². The first kappa shape index (κ1) is 11.9. The van der Waals surface area contributed by atoms with Crippen molar-refractivity contribution in [1.29, 1.82) is 0 Å². The topological polar surface area (TPSA) is 89.9 Å². The number of anilines is 1. The first-order valence-electron chi connectivity index (χ1n) is 5.70. The van der Waals surface area contributed by atoms with Crippen molar-refractivity contribution in [3.05, 3.63) is 35.4 Å². The average Bonchev–Trinajstić information content (AvgIpc) is 2.79. The predicted molar refractivity (Wildman–Crippen MR) is 69.0 cm³/mol. The summed E-state index contributed by atoms with van der Waals surface area (Å²) >= 11 is 5.73. The van der Waals surface area contributed by atoms with E-state index in [1.165, 1.54) is 6.20 Å². The Morgan fingerprint density at radius 2 is 2.00 bits per heavy atom. The monoisotopic (exact) mass is 278 g/mol. The van der Waals surface area contributed by atoms with E-state index in [1.807, 2.05) is 4.90 Å². The summed E-state index contributed by atoms with van der Waals surface area (Å²) in [6, 6.07) is 0.201. The Labute approximate surface area is 114 Å². The molecule has 1 fully saturated rings. The molecule has 7 nitrogen and oxygen atoms in total. The van der Waals surface area contributed by atoms with Gasteiger partial charge in [-0.1, -0.05) is 11.6 Å². The lowest BCUT2D eigenvalue weighted by Gasteiger charge is -2.39. The average molecular weight is 279 g/mol. The van der Waals surface area contributed by atoms with Gasteiger partial charge in [0.25, 0.3) is 5.91 Å². The quantitative estimate of drug-likeness (QED) is 0.882. The molecule has 0 unspecified atom stereocenters. The van der Waals surface area contributed by atoms with E-state index >= 15 is 0 Å². The van der Waals surface area contributed by atoms with Crippen molar-refractivity contribution in [1.82, 2.24) is 19.7 Å². The molecule has 1 amide bonds. The Morgan fingerprint density at radius 1 is 1.32 bits per heavy atom. The Hall–Kier alpha value is -2.15. The number of aromatic nitrogens is 4. The van der Waals surface area contributed by atoms with Crippen LogP contribution in [-0.4, -0.2) is 38.7 Å². The van der Waals surface area contributed by atoms with Crippen molar-refractivity contribution in [3.8, 4) is 0 Å². The molecular formula is C11H11ClN6O. The number of hydrogen-bond donors (Lipinski definition) is 1. The molecule has 2 aromatic heterocycles. The maximum atomic E-state index is 11.0. The number of carbonyl (C=O) groups excluding carboxylic acids is 1. The molecule has 0 atom stereocenters. The van der Waals surface area contributed by atoms with E-state index in [9.17, 15) is 4.79 Å². The van der Waals surface area contributed by atoms with Crippen molar-refractivity contribution in [3.63, 3.8) is 0 Å². The zero-order valence-electron chi connectivity index (χ0n) is 9.90. The third-order valence-corrected chi connectivity index (χ3v) is 3.21. The number of hydrogen-bond acceptors (Lipinski definition) is 5. The van der Waals surface area contributed by atoms with Crippen LogP contribution in [0.3, 0.4) is 0 Å². The van der Waals surface area contributed by atoms with E-state index in [-0.39, 0.29) is 6.04 Å². The van der Waals surface area contributed by atoms with Gasteiger partial charge in [0.15, 0.2) is 0 Å². The third-order valence-electron chi connectivity index (χ3n) is 3.01. The van der Waals surface area contributed by atoms with Gasteiger partial charge < -0.3 is 10.6 Å².